The van der Waals surface area contributed by atoms with Gasteiger partial charge in [-0.05, 0) is 78.7 Å². The topological polar surface area (TPSA) is 53.1 Å². The zero-order valence-corrected chi connectivity index (χ0v) is 23.5. The van der Waals surface area contributed by atoms with Crippen molar-refractivity contribution in [2.45, 2.75) is 45.2 Å². The summed E-state index contributed by atoms with van der Waals surface area (Å²) < 4.78 is 19.8. The maximum atomic E-state index is 14.1. The number of carbonyl (C=O) groups is 2. The van der Waals surface area contributed by atoms with Gasteiger partial charge in [-0.3, -0.25) is 14.5 Å². The molecule has 0 spiro atoms. The van der Waals surface area contributed by atoms with Crippen LogP contribution in [0.3, 0.4) is 0 Å². The molecule has 1 fully saturated rings. The predicted octanol–water partition coefficient (Wildman–Crippen LogP) is 5.39. The van der Waals surface area contributed by atoms with Gasteiger partial charge in [-0.2, -0.15) is 0 Å². The van der Waals surface area contributed by atoms with Gasteiger partial charge in [0.25, 0.3) is 5.91 Å². The summed E-state index contributed by atoms with van der Waals surface area (Å²) in [5, 5.41) is 2.08. The van der Waals surface area contributed by atoms with Gasteiger partial charge in [-0.15, -0.1) is 11.3 Å². The number of unbranched alkanes of at least 4 members (excludes halogenated alkanes) is 1. The molecule has 2 aliphatic rings. The lowest BCUT2D eigenvalue weighted by Gasteiger charge is -2.42. The highest BCUT2D eigenvalue weighted by Crippen LogP contribution is 2.38. The van der Waals surface area contributed by atoms with Crippen LogP contribution in [0, 0.1) is 5.82 Å². The lowest BCUT2D eigenvalue weighted by Crippen LogP contribution is -2.57. The van der Waals surface area contributed by atoms with Gasteiger partial charge in [0.05, 0.1) is 19.2 Å². The minimum absolute atomic E-state index is 0.0260. The lowest BCUT2D eigenvalue weighted by atomic mass is 9.93. The van der Waals surface area contributed by atoms with E-state index in [2.05, 4.69) is 23.3 Å². The summed E-state index contributed by atoms with van der Waals surface area (Å²) >= 11 is 1.72. The molecule has 0 bridgehead atoms. The van der Waals surface area contributed by atoms with Crippen LogP contribution in [0.1, 0.15) is 59.1 Å². The van der Waals surface area contributed by atoms with E-state index in [0.29, 0.717) is 31.8 Å². The predicted molar refractivity (Wildman–Crippen MR) is 152 cm³/mol. The Labute approximate surface area is 234 Å². The number of ether oxygens (including phenoxy) is 1. The first-order chi connectivity index (χ1) is 18.9. The minimum atomic E-state index is -0.269. The van der Waals surface area contributed by atoms with Crippen LogP contribution in [0.4, 0.5) is 4.39 Å². The highest BCUT2D eigenvalue weighted by Gasteiger charge is 2.34. The van der Waals surface area contributed by atoms with Gasteiger partial charge in [0.15, 0.2) is 0 Å². The third kappa shape index (κ3) is 6.17. The van der Waals surface area contributed by atoms with Crippen LogP contribution >= 0.6 is 11.3 Å². The molecular weight excluding hydrogens is 513 g/mol. The van der Waals surface area contributed by atoms with Crippen LogP contribution < -0.4 is 4.74 Å². The van der Waals surface area contributed by atoms with E-state index in [9.17, 15) is 14.0 Å². The molecular formula is C31H36FN3O3S. The summed E-state index contributed by atoms with van der Waals surface area (Å²) in [6.07, 6.45) is 2.96. The number of carbonyl (C=O) groups excluding carboxylic acids is 2. The van der Waals surface area contributed by atoms with Crippen LogP contribution in [0.15, 0.2) is 60.0 Å². The van der Waals surface area contributed by atoms with Crippen molar-refractivity contribution in [1.29, 1.82) is 0 Å². The second-order valence-electron chi connectivity index (χ2n) is 10.4. The SMILES string of the molecule is CCCCOc1ccc(C(=O)N2CCN(C(=O)CN3CCc4sccc4[C@H]3c3cccc(F)c3)C[C@@H]2C)cc1. The first kappa shape index (κ1) is 27.3. The van der Waals surface area contributed by atoms with Gasteiger partial charge in [-0.25, -0.2) is 4.39 Å². The van der Waals surface area contributed by atoms with E-state index in [-0.39, 0.29) is 36.3 Å². The number of hydrogen-bond donors (Lipinski definition) is 0. The molecule has 5 rings (SSSR count). The van der Waals surface area contributed by atoms with Crippen LogP contribution in [0.5, 0.6) is 5.75 Å². The summed E-state index contributed by atoms with van der Waals surface area (Å²) in [6.45, 7) is 7.27. The summed E-state index contributed by atoms with van der Waals surface area (Å²) in [5.74, 6) is 0.520. The van der Waals surface area contributed by atoms with Crippen molar-refractivity contribution < 1.29 is 18.7 Å². The summed E-state index contributed by atoms with van der Waals surface area (Å²) in [4.78, 5) is 33.9. The average molecular weight is 550 g/mol. The molecule has 3 aromatic rings. The largest absolute Gasteiger partial charge is 0.494 e. The summed E-state index contributed by atoms with van der Waals surface area (Å²) in [7, 11) is 0. The zero-order valence-electron chi connectivity index (χ0n) is 22.6. The van der Waals surface area contributed by atoms with Crippen LogP contribution in [-0.4, -0.2) is 71.9 Å². The van der Waals surface area contributed by atoms with Gasteiger partial charge in [0.2, 0.25) is 5.91 Å². The van der Waals surface area contributed by atoms with Gasteiger partial charge in [0, 0.05) is 42.7 Å². The van der Waals surface area contributed by atoms with Gasteiger partial charge in [0.1, 0.15) is 11.6 Å². The third-order valence-corrected chi connectivity index (χ3v) is 8.67. The fourth-order valence-corrected chi connectivity index (χ4v) is 6.46. The molecule has 8 heteroatoms. The van der Waals surface area contributed by atoms with E-state index in [4.69, 9.17) is 4.74 Å². The molecule has 1 saturated heterocycles. The molecule has 2 aliphatic heterocycles. The van der Waals surface area contributed by atoms with Crippen LogP contribution in [-0.2, 0) is 11.2 Å². The van der Waals surface area contributed by atoms with Crippen molar-refractivity contribution in [3.63, 3.8) is 0 Å². The number of fused-ring (bicyclic) bond motifs is 1. The Kier molecular flexibility index (Phi) is 8.63. The number of hydrogen-bond acceptors (Lipinski definition) is 5. The van der Waals surface area contributed by atoms with Crippen molar-refractivity contribution in [3.8, 4) is 5.75 Å². The third-order valence-electron chi connectivity index (χ3n) is 7.68. The van der Waals surface area contributed by atoms with Crippen molar-refractivity contribution in [2.24, 2.45) is 0 Å². The molecule has 2 aromatic carbocycles. The van der Waals surface area contributed by atoms with Crippen molar-refractivity contribution in [2.75, 3.05) is 39.3 Å². The zero-order chi connectivity index (χ0) is 27.4. The summed E-state index contributed by atoms with van der Waals surface area (Å²) in [6, 6.07) is 15.9. The molecule has 2 atom stereocenters. The number of piperazine rings is 1. The molecule has 0 aliphatic carbocycles. The van der Waals surface area contributed by atoms with Crippen molar-refractivity contribution >= 4 is 23.2 Å². The number of nitrogens with zero attached hydrogens (tertiary/aromatic N) is 3. The molecule has 0 N–H and O–H groups in total. The van der Waals surface area contributed by atoms with Gasteiger partial charge >= 0.3 is 0 Å². The quantitative estimate of drug-likeness (QED) is 0.354. The van der Waals surface area contributed by atoms with E-state index >= 15 is 0 Å². The second kappa shape index (κ2) is 12.3. The second-order valence-corrected chi connectivity index (χ2v) is 11.4. The first-order valence-electron chi connectivity index (χ1n) is 13.8. The molecule has 3 heterocycles. The molecule has 6 nitrogen and oxygen atoms in total. The highest BCUT2D eigenvalue weighted by molar-refractivity contribution is 7.10. The molecule has 0 unspecified atom stereocenters. The fraction of sp³-hybridized carbons (Fsp3) is 0.419. The summed E-state index contributed by atoms with van der Waals surface area (Å²) in [5.41, 5.74) is 2.66. The molecule has 39 heavy (non-hydrogen) atoms. The van der Waals surface area contributed by atoms with Crippen LogP contribution in [0.2, 0.25) is 0 Å². The average Bonchev–Trinajstić information content (AvgIpc) is 3.42. The van der Waals surface area contributed by atoms with Crippen molar-refractivity contribution in [3.05, 3.63) is 87.4 Å². The number of amides is 2. The first-order valence-corrected chi connectivity index (χ1v) is 14.7. The maximum Gasteiger partial charge on any atom is 0.254 e. The Balaban J connectivity index is 1.21. The van der Waals surface area contributed by atoms with E-state index in [1.165, 1.54) is 10.9 Å². The van der Waals surface area contributed by atoms with E-state index in [0.717, 1.165) is 42.7 Å². The van der Waals surface area contributed by atoms with E-state index < -0.39 is 0 Å². The smallest absolute Gasteiger partial charge is 0.254 e. The molecule has 0 saturated carbocycles. The maximum absolute atomic E-state index is 14.1. The van der Waals surface area contributed by atoms with E-state index in [1.54, 1.807) is 23.5 Å². The Morgan fingerprint density at radius 1 is 1.08 bits per heavy atom. The fourth-order valence-electron chi connectivity index (χ4n) is 5.56. The number of thiophene rings is 1. The molecule has 0 radical (unpaired) electrons. The number of benzene rings is 2. The molecule has 2 amide bonds. The standard InChI is InChI=1S/C31H36FN3O3S/c1-3-4-17-38-26-10-8-23(9-11-26)31(37)35-16-15-33(20-22(35)2)29(36)21-34-14-12-28-27(13-18-39-28)30(34)24-6-5-7-25(32)19-24/h5-11,13,18-19,22,30H,3-4,12,14-17,20-21H2,1-2H3/t22-,30+/m0/s1. The Morgan fingerprint density at radius 3 is 2.64 bits per heavy atom. The molecule has 206 valence electrons. The monoisotopic (exact) mass is 549 g/mol. The normalized spacial score (nSPS) is 19.6. The van der Waals surface area contributed by atoms with Crippen LogP contribution in [0.25, 0.3) is 0 Å². The number of rotatable bonds is 8. The van der Waals surface area contributed by atoms with E-state index in [1.807, 2.05) is 47.1 Å². The molecule has 1 aromatic heterocycles. The Hall–Kier alpha value is -3.23. The Morgan fingerprint density at radius 2 is 1.90 bits per heavy atom. The van der Waals surface area contributed by atoms with Gasteiger partial charge in [-0.1, -0.05) is 25.5 Å². The lowest BCUT2D eigenvalue weighted by molar-refractivity contribution is -0.135. The minimum Gasteiger partial charge on any atom is -0.494 e. The Bertz CT molecular complexity index is 1290. The van der Waals surface area contributed by atoms with Gasteiger partial charge < -0.3 is 14.5 Å². The van der Waals surface area contributed by atoms with Crippen molar-refractivity contribution in [1.82, 2.24) is 14.7 Å². The number of halogens is 1. The highest BCUT2D eigenvalue weighted by atomic mass is 32.1.